The summed E-state index contributed by atoms with van der Waals surface area (Å²) in [6, 6.07) is 0. The molecule has 0 aromatic carbocycles. The number of rotatable bonds is 3. The quantitative estimate of drug-likeness (QED) is 0.723. The Kier molecular flexibility index (Phi) is 3.46. The molecule has 0 saturated carbocycles. The van der Waals surface area contributed by atoms with Crippen LogP contribution in [0.1, 0.15) is 13.8 Å². The van der Waals surface area contributed by atoms with E-state index in [4.69, 9.17) is 0 Å². The zero-order chi connectivity index (χ0) is 10.6. The van der Waals surface area contributed by atoms with E-state index in [1.807, 2.05) is 6.08 Å². The van der Waals surface area contributed by atoms with Gasteiger partial charge in [0.05, 0.1) is 0 Å². The van der Waals surface area contributed by atoms with Gasteiger partial charge in [0.15, 0.2) is 0 Å². The van der Waals surface area contributed by atoms with Crippen LogP contribution in [0.15, 0.2) is 53.8 Å². The third-order valence-electron chi connectivity index (χ3n) is 1.99. The van der Waals surface area contributed by atoms with Crippen LogP contribution in [0.5, 0.6) is 0 Å². The summed E-state index contributed by atoms with van der Waals surface area (Å²) in [6.07, 6.45) is 7.32. The van der Waals surface area contributed by atoms with Crippen molar-refractivity contribution in [3.05, 3.63) is 48.9 Å². The van der Waals surface area contributed by atoms with Crippen molar-refractivity contribution in [2.24, 2.45) is 10.9 Å². The average molecular weight is 188 g/mol. The van der Waals surface area contributed by atoms with Crippen LogP contribution in [0, 0.1) is 5.92 Å². The molecular weight excluding hydrogens is 172 g/mol. The highest BCUT2D eigenvalue weighted by Crippen LogP contribution is 2.18. The summed E-state index contributed by atoms with van der Waals surface area (Å²) < 4.78 is 0. The Hall–Kier alpha value is -1.57. The first-order valence-corrected chi connectivity index (χ1v) is 4.69. The van der Waals surface area contributed by atoms with Crippen LogP contribution in [-0.2, 0) is 0 Å². The number of aliphatic imine (C=N–C) groups is 1. The highest BCUT2D eigenvalue weighted by atomic mass is 15.0. The first kappa shape index (κ1) is 10.5. The maximum atomic E-state index is 4.16. The van der Waals surface area contributed by atoms with Gasteiger partial charge in [0.1, 0.15) is 5.84 Å². The Morgan fingerprint density at radius 2 is 2.14 bits per heavy atom. The number of hydrogen-bond acceptors (Lipinski definition) is 1. The van der Waals surface area contributed by atoms with E-state index in [1.54, 1.807) is 6.08 Å². The van der Waals surface area contributed by atoms with Crippen LogP contribution in [0.4, 0.5) is 0 Å². The molecule has 1 aliphatic heterocycles. The molecule has 0 aromatic heterocycles. The number of nitrogens with one attached hydrogen (secondary N) is 1. The van der Waals surface area contributed by atoms with Crippen molar-refractivity contribution >= 4 is 5.84 Å². The largest absolute Gasteiger partial charge is 0.343 e. The molecule has 2 heteroatoms. The van der Waals surface area contributed by atoms with Crippen molar-refractivity contribution in [2.75, 3.05) is 0 Å². The molecule has 14 heavy (non-hydrogen) atoms. The summed E-state index contributed by atoms with van der Waals surface area (Å²) in [6.45, 7) is 11.5. The zero-order valence-electron chi connectivity index (χ0n) is 8.75. The molecule has 1 aliphatic rings. The first-order valence-electron chi connectivity index (χ1n) is 4.69. The minimum Gasteiger partial charge on any atom is -0.343 e. The summed E-state index contributed by atoms with van der Waals surface area (Å²) >= 11 is 0. The summed E-state index contributed by atoms with van der Waals surface area (Å²) in [4.78, 5) is 4.16. The van der Waals surface area contributed by atoms with Crippen molar-refractivity contribution in [1.29, 1.82) is 0 Å². The maximum absolute atomic E-state index is 4.16. The second-order valence-electron chi connectivity index (χ2n) is 3.40. The molecule has 0 spiro atoms. The molecule has 0 atom stereocenters. The van der Waals surface area contributed by atoms with E-state index < -0.39 is 0 Å². The fraction of sp³-hybridized carbons (Fsp3) is 0.250. The van der Waals surface area contributed by atoms with E-state index in [9.17, 15) is 0 Å². The maximum Gasteiger partial charge on any atom is 0.137 e. The van der Waals surface area contributed by atoms with Gasteiger partial charge >= 0.3 is 0 Å². The lowest BCUT2D eigenvalue weighted by Gasteiger charge is -2.06. The molecule has 2 nitrogen and oxygen atoms in total. The van der Waals surface area contributed by atoms with Gasteiger partial charge in [-0.15, -0.1) is 0 Å². The van der Waals surface area contributed by atoms with Crippen LogP contribution >= 0.6 is 0 Å². The van der Waals surface area contributed by atoms with Crippen LogP contribution in [-0.4, -0.2) is 5.84 Å². The third kappa shape index (κ3) is 2.22. The zero-order valence-corrected chi connectivity index (χ0v) is 8.75. The Morgan fingerprint density at radius 1 is 1.43 bits per heavy atom. The fourth-order valence-corrected chi connectivity index (χ4v) is 1.24. The smallest absolute Gasteiger partial charge is 0.137 e. The van der Waals surface area contributed by atoms with Crippen molar-refractivity contribution in [2.45, 2.75) is 13.8 Å². The second-order valence-corrected chi connectivity index (χ2v) is 3.40. The summed E-state index contributed by atoms with van der Waals surface area (Å²) in [7, 11) is 0. The molecule has 0 aromatic rings. The highest BCUT2D eigenvalue weighted by Gasteiger charge is 2.16. The minimum absolute atomic E-state index is 0.473. The molecule has 0 aliphatic carbocycles. The summed E-state index contributed by atoms with van der Waals surface area (Å²) in [5, 5.41) is 3.25. The second kappa shape index (κ2) is 4.61. The van der Waals surface area contributed by atoms with Gasteiger partial charge < -0.3 is 5.32 Å². The molecule has 74 valence electrons. The number of nitrogens with zero attached hydrogens (tertiary/aromatic N) is 1. The summed E-state index contributed by atoms with van der Waals surface area (Å²) in [5.74, 6) is 1.32. The molecule has 0 saturated heterocycles. The van der Waals surface area contributed by atoms with E-state index in [2.05, 4.69) is 43.4 Å². The topological polar surface area (TPSA) is 24.4 Å². The predicted octanol–water partition coefficient (Wildman–Crippen LogP) is 2.78. The van der Waals surface area contributed by atoms with E-state index in [0.29, 0.717) is 5.92 Å². The molecule has 0 unspecified atom stereocenters. The van der Waals surface area contributed by atoms with Gasteiger partial charge in [-0.3, -0.25) is 0 Å². The third-order valence-corrected chi connectivity index (χ3v) is 1.99. The number of hydrogen-bond donors (Lipinski definition) is 1. The lowest BCUT2D eigenvalue weighted by Crippen LogP contribution is -2.19. The van der Waals surface area contributed by atoms with E-state index in [-0.39, 0.29) is 0 Å². The van der Waals surface area contributed by atoms with Gasteiger partial charge in [-0.05, 0) is 12.0 Å². The van der Waals surface area contributed by atoms with Gasteiger partial charge in [0.25, 0.3) is 0 Å². The SMILES string of the molecule is C=C/C=C1/C=C(C(C)C)NC1=NC=C. The summed E-state index contributed by atoms with van der Waals surface area (Å²) in [5.41, 5.74) is 2.24. The Bertz CT molecular complexity index is 330. The Morgan fingerprint density at radius 3 is 2.64 bits per heavy atom. The lowest BCUT2D eigenvalue weighted by atomic mass is 10.1. The van der Waals surface area contributed by atoms with E-state index >= 15 is 0 Å². The van der Waals surface area contributed by atoms with Crippen molar-refractivity contribution in [3.8, 4) is 0 Å². The van der Waals surface area contributed by atoms with Crippen molar-refractivity contribution < 1.29 is 0 Å². The molecule has 1 heterocycles. The van der Waals surface area contributed by atoms with Gasteiger partial charge in [0, 0.05) is 17.5 Å². The minimum atomic E-state index is 0.473. The number of allylic oxidation sites excluding steroid dienone is 3. The van der Waals surface area contributed by atoms with E-state index in [1.165, 1.54) is 11.9 Å². The van der Waals surface area contributed by atoms with Crippen LogP contribution in [0.25, 0.3) is 0 Å². The van der Waals surface area contributed by atoms with Gasteiger partial charge in [-0.2, -0.15) is 0 Å². The van der Waals surface area contributed by atoms with Crippen molar-refractivity contribution in [3.63, 3.8) is 0 Å². The van der Waals surface area contributed by atoms with E-state index in [0.717, 1.165) is 11.4 Å². The molecule has 0 amide bonds. The first-order chi connectivity index (χ1) is 6.69. The van der Waals surface area contributed by atoms with Crippen LogP contribution in [0.3, 0.4) is 0 Å². The average Bonchev–Trinajstić information content (AvgIpc) is 2.50. The Balaban J connectivity index is 2.99. The molecule has 1 N–H and O–H groups in total. The lowest BCUT2D eigenvalue weighted by molar-refractivity contribution is 0.734. The normalized spacial score (nSPS) is 21.2. The fourth-order valence-electron chi connectivity index (χ4n) is 1.24. The molecule has 0 bridgehead atoms. The van der Waals surface area contributed by atoms with Gasteiger partial charge in [-0.1, -0.05) is 39.2 Å². The monoisotopic (exact) mass is 188 g/mol. The van der Waals surface area contributed by atoms with Crippen LogP contribution in [0.2, 0.25) is 0 Å². The number of amidine groups is 1. The standard InChI is InChI=1S/C12H16N2/c1-5-7-10-8-11(9(3)4)14-12(10)13-6-2/h5-9H,1-2H2,3-4H3,(H,13,14)/b10-7-. The molecular formula is C12H16N2. The van der Waals surface area contributed by atoms with Gasteiger partial charge in [0.2, 0.25) is 0 Å². The van der Waals surface area contributed by atoms with Crippen LogP contribution < -0.4 is 5.32 Å². The molecule has 0 fully saturated rings. The highest BCUT2D eigenvalue weighted by molar-refractivity contribution is 6.05. The van der Waals surface area contributed by atoms with Gasteiger partial charge in [-0.25, -0.2) is 4.99 Å². The Labute approximate surface area is 85.4 Å². The predicted molar refractivity (Wildman–Crippen MR) is 62.0 cm³/mol. The molecule has 1 rings (SSSR count). The molecule has 0 radical (unpaired) electrons. The van der Waals surface area contributed by atoms with Crippen molar-refractivity contribution in [1.82, 2.24) is 5.32 Å².